The maximum atomic E-state index is 5.55. The van der Waals surface area contributed by atoms with Gasteiger partial charge in [0.15, 0.2) is 0 Å². The van der Waals surface area contributed by atoms with Crippen molar-refractivity contribution in [2.24, 2.45) is 7.05 Å². The van der Waals surface area contributed by atoms with E-state index in [2.05, 4.69) is 138 Å². The molecule has 1 saturated heterocycles. The summed E-state index contributed by atoms with van der Waals surface area (Å²) in [6.07, 6.45) is 7.95. The number of aryl methyl sites for hydroxylation is 1. The molecule has 0 atom stereocenters. The van der Waals surface area contributed by atoms with Gasteiger partial charge in [0, 0.05) is 69.1 Å². The average Bonchev–Trinajstić information content (AvgIpc) is 3.35. The van der Waals surface area contributed by atoms with Crippen LogP contribution in [0.1, 0.15) is 23.2 Å². The van der Waals surface area contributed by atoms with Gasteiger partial charge in [-0.3, -0.25) is 4.90 Å². The van der Waals surface area contributed by atoms with Crippen LogP contribution in [0.4, 0.5) is 11.4 Å². The van der Waals surface area contributed by atoms with Crippen LogP contribution in [0.2, 0.25) is 0 Å². The highest BCUT2D eigenvalue weighted by molar-refractivity contribution is 8.03. The zero-order valence-electron chi connectivity index (χ0n) is 24.3. The lowest BCUT2D eigenvalue weighted by Gasteiger charge is -2.28. The monoisotopic (exact) mass is 563 g/mol. The number of ether oxygens (including phenoxy) is 1. The number of fused-ring (bicyclic) bond motifs is 2. The average molecular weight is 564 g/mol. The van der Waals surface area contributed by atoms with E-state index in [-0.39, 0.29) is 0 Å². The lowest BCUT2D eigenvalue weighted by atomic mass is 10.1. The van der Waals surface area contributed by atoms with E-state index in [9.17, 15) is 0 Å². The molecule has 4 aromatic rings. The molecule has 5 nitrogen and oxygen atoms in total. The van der Waals surface area contributed by atoms with E-state index in [1.165, 1.54) is 49.0 Å². The Labute approximate surface area is 248 Å². The van der Waals surface area contributed by atoms with Gasteiger partial charge >= 0.3 is 0 Å². The number of anilines is 2. The Morgan fingerprint density at radius 3 is 2.46 bits per heavy atom. The molecule has 0 amide bonds. The summed E-state index contributed by atoms with van der Waals surface area (Å²) in [6, 6.07) is 28.6. The largest absolute Gasteiger partial charge is 0.379 e. The summed E-state index contributed by atoms with van der Waals surface area (Å²) in [4.78, 5) is 8.50. The molecule has 6 heteroatoms. The van der Waals surface area contributed by atoms with Gasteiger partial charge < -0.3 is 14.5 Å². The summed E-state index contributed by atoms with van der Waals surface area (Å²) in [6.45, 7) is 5.89. The minimum absolute atomic E-state index is 0.851. The fourth-order valence-electron chi connectivity index (χ4n) is 5.63. The SMILES string of the molecule is CN(C)c1ccc(/C=C/c2cc(/C=C3\Sc4ccccc4N3CCCN3CCOCC3)c3ccccc3[n+]2C)cc1. The van der Waals surface area contributed by atoms with Crippen LogP contribution in [-0.2, 0) is 11.8 Å². The van der Waals surface area contributed by atoms with Crippen molar-refractivity contribution in [1.29, 1.82) is 0 Å². The Bertz CT molecular complexity index is 1570. The molecule has 0 N–H and O–H groups in total. The number of nitrogens with zero attached hydrogens (tertiary/aromatic N) is 4. The second kappa shape index (κ2) is 12.5. The van der Waals surface area contributed by atoms with Crippen LogP contribution in [-0.4, -0.2) is 58.4 Å². The van der Waals surface area contributed by atoms with Crippen molar-refractivity contribution in [2.45, 2.75) is 11.3 Å². The molecule has 2 aliphatic heterocycles. The van der Waals surface area contributed by atoms with Crippen LogP contribution in [0.5, 0.6) is 0 Å². The van der Waals surface area contributed by atoms with Gasteiger partial charge in [-0.15, -0.1) is 0 Å². The maximum Gasteiger partial charge on any atom is 0.213 e. The number of hydrogen-bond acceptors (Lipinski definition) is 5. The third kappa shape index (κ3) is 6.20. The van der Waals surface area contributed by atoms with Crippen molar-refractivity contribution >= 4 is 52.3 Å². The molecular weight excluding hydrogens is 524 g/mol. The number of rotatable bonds is 8. The molecule has 0 aliphatic carbocycles. The van der Waals surface area contributed by atoms with Crippen molar-refractivity contribution in [2.75, 3.05) is 63.3 Å². The Morgan fingerprint density at radius 2 is 1.66 bits per heavy atom. The fraction of sp³-hybridized carbons (Fsp3) is 0.286. The molecule has 210 valence electrons. The minimum atomic E-state index is 0.851. The van der Waals surface area contributed by atoms with Gasteiger partial charge in [0.25, 0.3) is 0 Å². The van der Waals surface area contributed by atoms with E-state index in [0.29, 0.717) is 0 Å². The van der Waals surface area contributed by atoms with E-state index in [0.717, 1.165) is 45.8 Å². The highest BCUT2D eigenvalue weighted by atomic mass is 32.2. The second-order valence-corrected chi connectivity index (χ2v) is 12.0. The number of benzene rings is 3. The first-order valence-electron chi connectivity index (χ1n) is 14.5. The molecule has 3 heterocycles. The first-order chi connectivity index (χ1) is 20.1. The number of morpholine rings is 1. The van der Waals surface area contributed by atoms with Crippen molar-refractivity contribution in [3.8, 4) is 0 Å². The summed E-state index contributed by atoms with van der Waals surface area (Å²) < 4.78 is 7.84. The van der Waals surface area contributed by atoms with Gasteiger partial charge in [0.2, 0.25) is 11.2 Å². The smallest absolute Gasteiger partial charge is 0.213 e. The Hall–Kier alpha value is -3.58. The van der Waals surface area contributed by atoms with Crippen molar-refractivity contribution in [1.82, 2.24) is 4.90 Å². The third-order valence-electron chi connectivity index (χ3n) is 8.00. The van der Waals surface area contributed by atoms with E-state index in [1.54, 1.807) is 0 Å². The zero-order chi connectivity index (χ0) is 28.2. The van der Waals surface area contributed by atoms with Crippen LogP contribution in [0.25, 0.3) is 29.1 Å². The molecule has 3 aromatic carbocycles. The topological polar surface area (TPSA) is 22.8 Å². The summed E-state index contributed by atoms with van der Waals surface area (Å²) in [5.74, 6) is 0. The normalized spacial score (nSPS) is 16.7. The van der Waals surface area contributed by atoms with Gasteiger partial charge in [-0.05, 0) is 60.0 Å². The second-order valence-electron chi connectivity index (χ2n) is 10.9. The van der Waals surface area contributed by atoms with E-state index in [1.807, 2.05) is 11.8 Å². The molecule has 0 radical (unpaired) electrons. The highest BCUT2D eigenvalue weighted by Crippen LogP contribution is 2.46. The number of hydrogen-bond donors (Lipinski definition) is 0. The molecule has 0 saturated carbocycles. The van der Waals surface area contributed by atoms with Crippen LogP contribution < -0.4 is 14.4 Å². The Morgan fingerprint density at radius 1 is 0.902 bits per heavy atom. The summed E-state index contributed by atoms with van der Waals surface area (Å²) in [5, 5.41) is 2.56. The first kappa shape index (κ1) is 27.6. The predicted molar refractivity (Wildman–Crippen MR) is 174 cm³/mol. The van der Waals surface area contributed by atoms with Crippen LogP contribution >= 0.6 is 11.8 Å². The lowest BCUT2D eigenvalue weighted by molar-refractivity contribution is -0.646. The molecular formula is C35H39N4OS+. The summed E-state index contributed by atoms with van der Waals surface area (Å²) in [7, 11) is 6.30. The van der Waals surface area contributed by atoms with Crippen molar-refractivity contribution in [3.05, 3.63) is 101 Å². The Kier molecular flexibility index (Phi) is 8.42. The number of thioether (sulfide) groups is 1. The van der Waals surface area contributed by atoms with E-state index >= 15 is 0 Å². The minimum Gasteiger partial charge on any atom is -0.379 e. The first-order valence-corrected chi connectivity index (χ1v) is 15.3. The molecule has 0 bridgehead atoms. The van der Waals surface area contributed by atoms with Crippen LogP contribution in [0.3, 0.4) is 0 Å². The van der Waals surface area contributed by atoms with Gasteiger partial charge in [-0.2, -0.15) is 4.57 Å². The molecule has 1 fully saturated rings. The van der Waals surface area contributed by atoms with Crippen LogP contribution in [0, 0.1) is 0 Å². The lowest BCUT2D eigenvalue weighted by Crippen LogP contribution is -2.37. The maximum absolute atomic E-state index is 5.55. The van der Waals surface area contributed by atoms with Gasteiger partial charge in [0.1, 0.15) is 7.05 Å². The van der Waals surface area contributed by atoms with Gasteiger partial charge in [-0.1, -0.05) is 48.2 Å². The van der Waals surface area contributed by atoms with Crippen molar-refractivity contribution in [3.63, 3.8) is 0 Å². The highest BCUT2D eigenvalue weighted by Gasteiger charge is 2.25. The third-order valence-corrected chi connectivity index (χ3v) is 9.11. The zero-order valence-corrected chi connectivity index (χ0v) is 25.1. The molecule has 1 aromatic heterocycles. The molecule has 0 unspecified atom stereocenters. The summed E-state index contributed by atoms with van der Waals surface area (Å²) >= 11 is 1.88. The fourth-order valence-corrected chi connectivity index (χ4v) is 6.77. The van der Waals surface area contributed by atoms with Crippen molar-refractivity contribution < 1.29 is 9.30 Å². The number of para-hydroxylation sites is 2. The van der Waals surface area contributed by atoms with Gasteiger partial charge in [-0.25, -0.2) is 0 Å². The molecule has 41 heavy (non-hydrogen) atoms. The summed E-state index contributed by atoms with van der Waals surface area (Å²) in [5.41, 5.74) is 7.36. The number of pyridine rings is 1. The molecule has 6 rings (SSSR count). The quantitative estimate of drug-likeness (QED) is 0.227. The standard InChI is InChI=1S/C35H39N4OS/c1-36(2)29-16-13-27(14-17-29)15-18-30-25-28(31-9-4-5-10-32(31)37(30)3)26-35-39(33-11-6-7-12-34(33)41-35)20-8-19-38-21-23-40-24-22-38/h4-7,9-18,25-26H,8,19-24H2,1-3H3/q+1. The van der Waals surface area contributed by atoms with Gasteiger partial charge in [0.05, 0.1) is 29.3 Å². The Balaban J connectivity index is 1.32. The molecule has 2 aliphatic rings. The van der Waals surface area contributed by atoms with E-state index in [4.69, 9.17) is 4.74 Å². The number of aromatic nitrogens is 1. The molecule has 0 spiro atoms. The van der Waals surface area contributed by atoms with E-state index < -0.39 is 0 Å². The van der Waals surface area contributed by atoms with Crippen LogP contribution in [0.15, 0.2) is 88.8 Å². The predicted octanol–water partition coefficient (Wildman–Crippen LogP) is 6.53.